The number of nitrogens with zero attached hydrogens (tertiary/aromatic N) is 7. The van der Waals surface area contributed by atoms with Gasteiger partial charge in [0.15, 0.2) is 12.0 Å². The number of nitriles is 1. The van der Waals surface area contributed by atoms with Crippen LogP contribution < -0.4 is 20.7 Å². The van der Waals surface area contributed by atoms with Crippen molar-refractivity contribution in [3.8, 4) is 23.2 Å². The SMILES string of the molecule is N#Cc1cc(-c2ncnc(Nc3ccc(N4CCN(C5COC5)CC4)cc3)n2)ccc1OC1CCN(C(=O)/C(N)=C(\Cl)C=N)CC1F. The van der Waals surface area contributed by atoms with Gasteiger partial charge in [0.25, 0.3) is 5.91 Å². The monoisotopic (exact) mass is 660 g/mol. The Bertz CT molecular complexity index is 1690. The molecule has 0 radical (unpaired) electrons. The zero-order chi connectivity index (χ0) is 32.9. The van der Waals surface area contributed by atoms with Crippen LogP contribution in [-0.2, 0) is 9.53 Å². The fraction of sp³-hybridized carbons (Fsp3) is 0.375. The molecule has 4 heterocycles. The number of alkyl halides is 1. The van der Waals surface area contributed by atoms with E-state index in [1.54, 1.807) is 18.2 Å². The molecule has 0 saturated carbocycles. The topological polar surface area (TPSA) is 170 Å². The molecular formula is C32H34ClFN10O3. The number of benzene rings is 2. The van der Waals surface area contributed by atoms with E-state index in [0.717, 1.165) is 57.0 Å². The smallest absolute Gasteiger partial charge is 0.271 e. The standard InChI is InChI=1S/C32H34ClFN10O3/c33-25(15-36)29(37)31(45)44-8-7-28(26(34)16-44)47-27-6-1-20(13-21(27)14-35)30-38-19-39-32(41-30)40-22-2-4-23(5-3-22)42-9-11-43(12-10-42)24-17-46-18-24/h1-6,13,15,19,24,26,28,36H,7-12,16-18,37H2,(H,38,39,40,41)/b29-25+,36-15?. The van der Waals surface area contributed by atoms with Gasteiger partial charge in [-0.3, -0.25) is 9.69 Å². The molecule has 4 N–H and O–H groups in total. The molecule has 6 rings (SSSR count). The van der Waals surface area contributed by atoms with Gasteiger partial charge in [-0.2, -0.15) is 10.2 Å². The number of rotatable bonds is 9. The van der Waals surface area contributed by atoms with E-state index in [9.17, 15) is 10.1 Å². The molecule has 3 saturated heterocycles. The number of hydrogen-bond acceptors (Lipinski definition) is 12. The van der Waals surface area contributed by atoms with Crippen LogP contribution in [0, 0.1) is 16.7 Å². The summed E-state index contributed by atoms with van der Waals surface area (Å²) in [7, 11) is 0. The van der Waals surface area contributed by atoms with Crippen molar-refractivity contribution in [1.82, 2.24) is 24.8 Å². The fourth-order valence-electron chi connectivity index (χ4n) is 5.73. The third-order valence-corrected chi connectivity index (χ3v) is 8.84. The van der Waals surface area contributed by atoms with Crippen molar-refractivity contribution in [3.05, 3.63) is 65.1 Å². The molecule has 1 aromatic heterocycles. The lowest BCUT2D eigenvalue weighted by Gasteiger charge is -2.43. The van der Waals surface area contributed by atoms with E-state index in [4.69, 9.17) is 32.2 Å². The number of halogens is 2. The number of likely N-dealkylation sites (tertiary alicyclic amines) is 1. The second kappa shape index (κ2) is 14.3. The second-order valence-corrected chi connectivity index (χ2v) is 11.9. The average Bonchev–Trinajstić information content (AvgIpc) is 3.08. The quantitative estimate of drug-likeness (QED) is 0.228. The molecule has 3 aromatic rings. The minimum absolute atomic E-state index is 0.170. The Morgan fingerprint density at radius 3 is 2.57 bits per heavy atom. The molecule has 13 nitrogen and oxygen atoms in total. The first-order valence-corrected chi connectivity index (χ1v) is 15.6. The summed E-state index contributed by atoms with van der Waals surface area (Å²) in [5.74, 6) is 0.258. The van der Waals surface area contributed by atoms with Crippen LogP contribution in [0.3, 0.4) is 0 Å². The number of anilines is 3. The van der Waals surface area contributed by atoms with Crippen LogP contribution in [0.1, 0.15) is 12.0 Å². The van der Waals surface area contributed by atoms with Gasteiger partial charge in [-0.25, -0.2) is 14.4 Å². The third kappa shape index (κ3) is 7.27. The molecule has 2 unspecified atom stereocenters. The largest absolute Gasteiger partial charge is 0.486 e. The van der Waals surface area contributed by atoms with Crippen molar-refractivity contribution in [2.24, 2.45) is 5.73 Å². The van der Waals surface area contributed by atoms with Crippen LogP contribution in [0.2, 0.25) is 0 Å². The number of amides is 1. The van der Waals surface area contributed by atoms with Crippen LogP contribution >= 0.6 is 11.6 Å². The normalized spacial score (nSPS) is 20.9. The summed E-state index contributed by atoms with van der Waals surface area (Å²) in [6.45, 7) is 5.58. The molecule has 1 amide bonds. The van der Waals surface area contributed by atoms with Gasteiger partial charge < -0.3 is 35.7 Å². The van der Waals surface area contributed by atoms with Crippen molar-refractivity contribution < 1.29 is 18.7 Å². The minimum Gasteiger partial charge on any atom is -0.486 e. The number of piperazine rings is 1. The average molecular weight is 661 g/mol. The van der Waals surface area contributed by atoms with Gasteiger partial charge in [0.2, 0.25) is 5.95 Å². The molecule has 0 bridgehead atoms. The summed E-state index contributed by atoms with van der Waals surface area (Å²) in [6.07, 6.45) is -0.0955. The highest BCUT2D eigenvalue weighted by atomic mass is 35.5. The Morgan fingerprint density at radius 1 is 1.15 bits per heavy atom. The van der Waals surface area contributed by atoms with E-state index < -0.39 is 18.2 Å². The predicted molar refractivity (Wildman–Crippen MR) is 174 cm³/mol. The van der Waals surface area contributed by atoms with Gasteiger partial charge in [-0.15, -0.1) is 0 Å². The molecule has 47 heavy (non-hydrogen) atoms. The zero-order valence-corrected chi connectivity index (χ0v) is 26.2. The van der Waals surface area contributed by atoms with Crippen molar-refractivity contribution in [2.75, 3.05) is 62.7 Å². The maximum absolute atomic E-state index is 15.1. The molecule has 2 atom stereocenters. The third-order valence-electron chi connectivity index (χ3n) is 8.53. The van der Waals surface area contributed by atoms with Gasteiger partial charge in [0, 0.05) is 62.3 Å². The summed E-state index contributed by atoms with van der Waals surface area (Å²) in [5, 5.41) is 20.0. The van der Waals surface area contributed by atoms with Gasteiger partial charge in [-0.1, -0.05) is 11.6 Å². The lowest BCUT2D eigenvalue weighted by molar-refractivity contribution is -0.131. The maximum atomic E-state index is 15.1. The first-order chi connectivity index (χ1) is 22.8. The van der Waals surface area contributed by atoms with Crippen molar-refractivity contribution in [1.29, 1.82) is 10.7 Å². The molecule has 3 aliphatic heterocycles. The Labute approximate surface area is 276 Å². The van der Waals surface area contributed by atoms with Crippen LogP contribution in [0.4, 0.5) is 21.7 Å². The Morgan fingerprint density at radius 2 is 1.91 bits per heavy atom. The van der Waals surface area contributed by atoms with Crippen LogP contribution in [0.5, 0.6) is 5.75 Å². The number of allylic oxidation sites excluding steroid dienone is 1. The van der Waals surface area contributed by atoms with E-state index >= 15 is 4.39 Å². The number of nitrogens with one attached hydrogen (secondary N) is 2. The fourth-order valence-corrected chi connectivity index (χ4v) is 5.81. The Balaban J connectivity index is 1.07. The summed E-state index contributed by atoms with van der Waals surface area (Å²) in [5.41, 5.74) is 8.10. The van der Waals surface area contributed by atoms with Crippen molar-refractivity contribution in [2.45, 2.75) is 24.7 Å². The van der Waals surface area contributed by atoms with Crippen LogP contribution in [0.25, 0.3) is 11.4 Å². The van der Waals surface area contributed by atoms with Crippen molar-refractivity contribution >= 4 is 41.0 Å². The number of carbonyl (C=O) groups is 1. The maximum Gasteiger partial charge on any atom is 0.271 e. The van der Waals surface area contributed by atoms with Crippen LogP contribution in [0.15, 0.2) is 59.5 Å². The molecule has 0 spiro atoms. The van der Waals surface area contributed by atoms with Gasteiger partial charge >= 0.3 is 0 Å². The highest BCUT2D eigenvalue weighted by Crippen LogP contribution is 2.29. The first kappa shape index (κ1) is 32.1. The summed E-state index contributed by atoms with van der Waals surface area (Å²) < 4.78 is 26.3. The Kier molecular flexibility index (Phi) is 9.76. The van der Waals surface area contributed by atoms with E-state index in [-0.39, 0.29) is 41.6 Å². The van der Waals surface area contributed by atoms with E-state index in [2.05, 4.69) is 48.3 Å². The van der Waals surface area contributed by atoms with Crippen molar-refractivity contribution in [3.63, 3.8) is 0 Å². The number of ether oxygens (including phenoxy) is 2. The number of carbonyl (C=O) groups excluding carboxylic acids is 1. The number of aromatic nitrogens is 3. The highest BCUT2D eigenvalue weighted by molar-refractivity contribution is 6.40. The molecule has 3 aliphatic rings. The summed E-state index contributed by atoms with van der Waals surface area (Å²) in [6, 6.07) is 15.6. The lowest BCUT2D eigenvalue weighted by Crippen LogP contribution is -2.56. The van der Waals surface area contributed by atoms with E-state index in [0.29, 0.717) is 23.4 Å². The molecule has 244 valence electrons. The van der Waals surface area contributed by atoms with Gasteiger partial charge in [0.05, 0.1) is 36.4 Å². The number of nitrogens with two attached hydrogens (primary N) is 1. The predicted octanol–water partition coefficient (Wildman–Crippen LogP) is 3.05. The van der Waals surface area contributed by atoms with E-state index in [1.165, 1.54) is 11.2 Å². The molecule has 0 aliphatic carbocycles. The minimum atomic E-state index is -1.53. The first-order valence-electron chi connectivity index (χ1n) is 15.3. The number of piperidine rings is 1. The Hall–Kier alpha value is -4.84. The molecule has 2 aromatic carbocycles. The van der Waals surface area contributed by atoms with Gasteiger partial charge in [-0.05, 0) is 42.5 Å². The summed E-state index contributed by atoms with van der Waals surface area (Å²) >= 11 is 5.78. The number of hydrogen-bond donors (Lipinski definition) is 3. The van der Waals surface area contributed by atoms with Crippen LogP contribution in [-0.4, -0.2) is 108 Å². The lowest BCUT2D eigenvalue weighted by atomic mass is 10.0. The molecular weight excluding hydrogens is 627 g/mol. The summed E-state index contributed by atoms with van der Waals surface area (Å²) in [4.78, 5) is 31.7. The highest BCUT2D eigenvalue weighted by Gasteiger charge is 2.34. The molecule has 15 heteroatoms. The molecule has 3 fully saturated rings. The van der Waals surface area contributed by atoms with E-state index in [1.807, 2.05) is 12.1 Å². The second-order valence-electron chi connectivity index (χ2n) is 11.5. The zero-order valence-electron chi connectivity index (χ0n) is 25.5. The van der Waals surface area contributed by atoms with Gasteiger partial charge in [0.1, 0.15) is 29.9 Å².